The van der Waals surface area contributed by atoms with Crippen LogP contribution in [0.3, 0.4) is 0 Å². The molecule has 4 heteroatoms. The molecule has 0 unspecified atom stereocenters. The summed E-state index contributed by atoms with van der Waals surface area (Å²) in [5.74, 6) is 0.136. The highest BCUT2D eigenvalue weighted by Gasteiger charge is 2.52. The molecule has 0 bridgehead atoms. The SMILES string of the molecule is NCCNC(=O)C1(c2csc3ccccc23)CC1. The van der Waals surface area contributed by atoms with E-state index in [0.29, 0.717) is 13.1 Å². The van der Waals surface area contributed by atoms with Gasteiger partial charge in [-0.15, -0.1) is 11.3 Å². The maximum Gasteiger partial charge on any atom is 0.230 e. The molecule has 3 nitrogen and oxygen atoms in total. The van der Waals surface area contributed by atoms with Gasteiger partial charge in [-0.25, -0.2) is 0 Å². The number of carbonyl (C=O) groups excluding carboxylic acids is 1. The Kier molecular flexibility index (Phi) is 2.84. The smallest absolute Gasteiger partial charge is 0.230 e. The van der Waals surface area contributed by atoms with Crippen LogP contribution in [0.4, 0.5) is 0 Å². The summed E-state index contributed by atoms with van der Waals surface area (Å²) in [5.41, 5.74) is 6.35. The predicted octanol–water partition coefficient (Wildman–Crippen LogP) is 2.01. The Morgan fingerprint density at radius 1 is 1.39 bits per heavy atom. The lowest BCUT2D eigenvalue weighted by Gasteiger charge is -2.14. The van der Waals surface area contributed by atoms with Crippen molar-refractivity contribution in [2.45, 2.75) is 18.3 Å². The Bertz CT molecular complexity index is 586. The second-order valence-corrected chi connectivity index (χ2v) is 5.68. The fraction of sp³-hybridized carbons (Fsp3) is 0.357. The zero-order valence-electron chi connectivity index (χ0n) is 10.1. The van der Waals surface area contributed by atoms with E-state index in [2.05, 4.69) is 22.8 Å². The lowest BCUT2D eigenvalue weighted by atomic mass is 9.94. The normalized spacial score (nSPS) is 16.7. The van der Waals surface area contributed by atoms with E-state index in [1.807, 2.05) is 12.1 Å². The highest BCUT2D eigenvalue weighted by atomic mass is 32.1. The number of benzene rings is 1. The number of rotatable bonds is 4. The molecule has 0 saturated heterocycles. The molecule has 1 aromatic carbocycles. The van der Waals surface area contributed by atoms with Crippen molar-refractivity contribution in [3.63, 3.8) is 0 Å². The summed E-state index contributed by atoms with van der Waals surface area (Å²) in [6.45, 7) is 1.05. The summed E-state index contributed by atoms with van der Waals surface area (Å²) < 4.78 is 1.25. The number of hydrogen-bond donors (Lipinski definition) is 2. The topological polar surface area (TPSA) is 55.1 Å². The lowest BCUT2D eigenvalue weighted by Crippen LogP contribution is -2.37. The Morgan fingerprint density at radius 3 is 2.89 bits per heavy atom. The average molecular weight is 260 g/mol. The van der Waals surface area contributed by atoms with E-state index < -0.39 is 0 Å². The molecule has 94 valence electrons. The summed E-state index contributed by atoms with van der Waals surface area (Å²) >= 11 is 1.72. The van der Waals surface area contributed by atoms with Gasteiger partial charge >= 0.3 is 0 Å². The van der Waals surface area contributed by atoms with Crippen molar-refractivity contribution in [1.29, 1.82) is 0 Å². The van der Waals surface area contributed by atoms with Gasteiger partial charge < -0.3 is 11.1 Å². The van der Waals surface area contributed by atoms with Gasteiger partial charge in [-0.1, -0.05) is 18.2 Å². The summed E-state index contributed by atoms with van der Waals surface area (Å²) in [6.07, 6.45) is 1.90. The molecule has 3 N–H and O–H groups in total. The molecule has 3 rings (SSSR count). The molecule has 1 amide bonds. The van der Waals surface area contributed by atoms with Crippen molar-refractivity contribution in [3.8, 4) is 0 Å². The first kappa shape index (κ1) is 11.7. The zero-order chi connectivity index (χ0) is 12.6. The first-order valence-electron chi connectivity index (χ1n) is 6.23. The van der Waals surface area contributed by atoms with E-state index in [0.717, 1.165) is 12.8 Å². The van der Waals surface area contributed by atoms with Gasteiger partial charge in [0.15, 0.2) is 0 Å². The minimum atomic E-state index is -0.283. The van der Waals surface area contributed by atoms with Crippen LogP contribution in [0.2, 0.25) is 0 Å². The second kappa shape index (κ2) is 4.37. The highest BCUT2D eigenvalue weighted by molar-refractivity contribution is 7.17. The molecule has 0 atom stereocenters. The van der Waals surface area contributed by atoms with E-state index >= 15 is 0 Å². The van der Waals surface area contributed by atoms with E-state index in [9.17, 15) is 4.79 Å². The summed E-state index contributed by atoms with van der Waals surface area (Å²) in [5, 5.41) is 6.29. The lowest BCUT2D eigenvalue weighted by molar-refractivity contribution is -0.123. The first-order valence-corrected chi connectivity index (χ1v) is 7.11. The Hall–Kier alpha value is -1.39. The van der Waals surface area contributed by atoms with Crippen LogP contribution in [-0.2, 0) is 10.2 Å². The van der Waals surface area contributed by atoms with Gasteiger partial charge in [-0.3, -0.25) is 4.79 Å². The highest BCUT2D eigenvalue weighted by Crippen LogP contribution is 2.51. The van der Waals surface area contributed by atoms with E-state index in [-0.39, 0.29) is 11.3 Å². The Labute approximate surface area is 110 Å². The number of amides is 1. The maximum absolute atomic E-state index is 12.3. The minimum Gasteiger partial charge on any atom is -0.354 e. The van der Waals surface area contributed by atoms with Gasteiger partial charge in [0.05, 0.1) is 5.41 Å². The Balaban J connectivity index is 1.96. The standard InChI is InChI=1S/C14H16N2OS/c15-7-8-16-13(17)14(5-6-14)11-9-18-12-4-2-1-3-10(11)12/h1-4,9H,5-8,15H2,(H,16,17). The van der Waals surface area contributed by atoms with Crippen molar-refractivity contribution < 1.29 is 4.79 Å². The van der Waals surface area contributed by atoms with Crippen LogP contribution in [0.1, 0.15) is 18.4 Å². The van der Waals surface area contributed by atoms with E-state index in [4.69, 9.17) is 5.73 Å². The van der Waals surface area contributed by atoms with Gasteiger partial charge in [-0.2, -0.15) is 0 Å². The van der Waals surface area contributed by atoms with Crippen molar-refractivity contribution >= 4 is 27.3 Å². The van der Waals surface area contributed by atoms with Crippen molar-refractivity contribution in [2.24, 2.45) is 5.73 Å². The van der Waals surface area contributed by atoms with Gasteiger partial charge in [0.25, 0.3) is 0 Å². The van der Waals surface area contributed by atoms with E-state index in [1.165, 1.54) is 15.6 Å². The summed E-state index contributed by atoms with van der Waals surface area (Å²) in [6, 6.07) is 8.29. The summed E-state index contributed by atoms with van der Waals surface area (Å²) in [4.78, 5) is 12.3. The number of thiophene rings is 1. The predicted molar refractivity (Wildman–Crippen MR) is 74.8 cm³/mol. The van der Waals surface area contributed by atoms with Gasteiger partial charge in [-0.05, 0) is 35.2 Å². The third kappa shape index (κ3) is 1.72. The van der Waals surface area contributed by atoms with Gasteiger partial charge in [0.1, 0.15) is 0 Å². The third-order valence-electron chi connectivity index (χ3n) is 3.61. The van der Waals surface area contributed by atoms with Crippen LogP contribution in [0, 0.1) is 0 Å². The largest absolute Gasteiger partial charge is 0.354 e. The van der Waals surface area contributed by atoms with Crippen LogP contribution < -0.4 is 11.1 Å². The average Bonchev–Trinajstić information content (AvgIpc) is 3.10. The van der Waals surface area contributed by atoms with Crippen LogP contribution in [0.15, 0.2) is 29.6 Å². The molecule has 0 spiro atoms. The first-order chi connectivity index (χ1) is 8.78. The zero-order valence-corrected chi connectivity index (χ0v) is 10.9. The molecule has 1 fully saturated rings. The molecular weight excluding hydrogens is 244 g/mol. The van der Waals surface area contributed by atoms with Crippen LogP contribution in [0.5, 0.6) is 0 Å². The van der Waals surface area contributed by atoms with Crippen LogP contribution >= 0.6 is 11.3 Å². The molecule has 1 heterocycles. The Morgan fingerprint density at radius 2 is 2.17 bits per heavy atom. The molecule has 2 aromatic rings. The quantitative estimate of drug-likeness (QED) is 0.883. The number of fused-ring (bicyclic) bond motifs is 1. The van der Waals surface area contributed by atoms with Gasteiger partial charge in [0.2, 0.25) is 5.91 Å². The summed E-state index contributed by atoms with van der Waals surface area (Å²) in [7, 11) is 0. The number of nitrogens with two attached hydrogens (primary N) is 1. The van der Waals surface area contributed by atoms with Crippen molar-refractivity contribution in [2.75, 3.05) is 13.1 Å². The van der Waals surface area contributed by atoms with Crippen LogP contribution in [-0.4, -0.2) is 19.0 Å². The molecule has 18 heavy (non-hydrogen) atoms. The maximum atomic E-state index is 12.3. The molecule has 0 radical (unpaired) electrons. The fourth-order valence-corrected chi connectivity index (χ4v) is 3.51. The molecule has 1 saturated carbocycles. The number of nitrogens with one attached hydrogen (secondary N) is 1. The molecule has 0 aliphatic heterocycles. The molecule has 1 aromatic heterocycles. The fourth-order valence-electron chi connectivity index (χ4n) is 2.45. The van der Waals surface area contributed by atoms with Crippen LogP contribution in [0.25, 0.3) is 10.1 Å². The van der Waals surface area contributed by atoms with E-state index in [1.54, 1.807) is 11.3 Å². The molecular formula is C14H16N2OS. The minimum absolute atomic E-state index is 0.136. The number of hydrogen-bond acceptors (Lipinski definition) is 3. The van der Waals surface area contributed by atoms with Gasteiger partial charge in [0, 0.05) is 17.8 Å². The third-order valence-corrected chi connectivity index (χ3v) is 4.57. The number of carbonyl (C=O) groups is 1. The van der Waals surface area contributed by atoms with Crippen molar-refractivity contribution in [1.82, 2.24) is 5.32 Å². The molecule has 1 aliphatic rings. The monoisotopic (exact) mass is 260 g/mol. The van der Waals surface area contributed by atoms with Crippen molar-refractivity contribution in [3.05, 3.63) is 35.2 Å². The molecule has 1 aliphatic carbocycles. The second-order valence-electron chi connectivity index (χ2n) is 4.77.